The Morgan fingerprint density at radius 2 is 2.05 bits per heavy atom. The molecule has 1 fully saturated rings. The number of nitrogen functional groups attached to an aromatic ring is 1. The summed E-state index contributed by atoms with van der Waals surface area (Å²) in [6.45, 7) is 0. The topological polar surface area (TPSA) is 104 Å². The molecule has 1 saturated carbocycles. The van der Waals surface area contributed by atoms with E-state index in [0.29, 0.717) is 12.0 Å². The Morgan fingerprint density at radius 3 is 2.75 bits per heavy atom. The van der Waals surface area contributed by atoms with Crippen molar-refractivity contribution < 1.29 is 4.74 Å². The van der Waals surface area contributed by atoms with E-state index < -0.39 is 0 Å². The first-order valence-electron chi connectivity index (χ1n) is 6.73. The van der Waals surface area contributed by atoms with E-state index in [1.807, 2.05) is 0 Å². The molecule has 0 atom stereocenters. The lowest BCUT2D eigenvalue weighted by Gasteiger charge is -2.21. The maximum absolute atomic E-state index is 5.84. The van der Waals surface area contributed by atoms with Crippen molar-refractivity contribution in [3.63, 3.8) is 0 Å². The van der Waals surface area contributed by atoms with Gasteiger partial charge in [0.15, 0.2) is 0 Å². The largest absolute Gasteiger partial charge is 0.460 e. The molecule has 2 aromatic rings. The van der Waals surface area contributed by atoms with Gasteiger partial charge in [0.05, 0.1) is 0 Å². The average Bonchev–Trinajstić information content (AvgIpc) is 3.02. The number of imidazole rings is 1. The first kappa shape index (κ1) is 12.8. The van der Waals surface area contributed by atoms with Crippen molar-refractivity contribution in [1.82, 2.24) is 24.5 Å². The van der Waals surface area contributed by atoms with Crippen LogP contribution in [0.3, 0.4) is 0 Å². The van der Waals surface area contributed by atoms with Gasteiger partial charge in [-0.3, -0.25) is 9.99 Å². The molecule has 20 heavy (non-hydrogen) atoms. The van der Waals surface area contributed by atoms with Gasteiger partial charge in [-0.2, -0.15) is 15.0 Å². The fourth-order valence-corrected chi connectivity index (χ4v) is 2.29. The highest BCUT2D eigenvalue weighted by atomic mass is 16.5. The molecule has 106 valence electrons. The molecule has 3 rings (SSSR count). The summed E-state index contributed by atoms with van der Waals surface area (Å²) < 4.78 is 7.52. The van der Waals surface area contributed by atoms with Crippen molar-refractivity contribution in [3.05, 3.63) is 18.7 Å². The smallest absolute Gasteiger partial charge is 0.323 e. The molecule has 0 aromatic carbocycles. The maximum Gasteiger partial charge on any atom is 0.323 e. The number of nitrogens with one attached hydrogen (secondary N) is 1. The molecular weight excluding hydrogens is 258 g/mol. The van der Waals surface area contributed by atoms with Crippen LogP contribution in [0.5, 0.6) is 6.01 Å². The number of nitrogens with two attached hydrogens (primary N) is 1. The van der Waals surface area contributed by atoms with Crippen LogP contribution < -0.4 is 16.0 Å². The quantitative estimate of drug-likeness (QED) is 0.635. The molecule has 0 bridgehead atoms. The lowest BCUT2D eigenvalue weighted by atomic mass is 9.98. The van der Waals surface area contributed by atoms with Gasteiger partial charge in [-0.1, -0.05) is 6.42 Å². The molecule has 0 radical (unpaired) electrons. The number of hydrazine groups is 1. The Bertz CT molecular complexity index is 551. The van der Waals surface area contributed by atoms with Gasteiger partial charge in [-0.25, -0.2) is 10.8 Å². The van der Waals surface area contributed by atoms with Crippen LogP contribution in [0.25, 0.3) is 5.95 Å². The zero-order chi connectivity index (χ0) is 13.8. The minimum Gasteiger partial charge on any atom is -0.460 e. The monoisotopic (exact) mass is 275 g/mol. The third-order valence-electron chi connectivity index (χ3n) is 3.29. The Hall–Kier alpha value is -2.22. The molecule has 8 heteroatoms. The minimum atomic E-state index is 0.174. The highest BCUT2D eigenvalue weighted by Gasteiger charge is 2.17. The lowest BCUT2D eigenvalue weighted by Crippen LogP contribution is -2.22. The summed E-state index contributed by atoms with van der Waals surface area (Å²) in [7, 11) is 0. The fraction of sp³-hybridized carbons (Fsp3) is 0.500. The van der Waals surface area contributed by atoms with E-state index in [-0.39, 0.29) is 12.1 Å². The van der Waals surface area contributed by atoms with E-state index in [1.165, 1.54) is 19.3 Å². The zero-order valence-electron chi connectivity index (χ0n) is 11.1. The number of ether oxygens (including phenoxy) is 1. The summed E-state index contributed by atoms with van der Waals surface area (Å²) in [4.78, 5) is 16.6. The Morgan fingerprint density at radius 1 is 1.20 bits per heavy atom. The van der Waals surface area contributed by atoms with Gasteiger partial charge in [-0.15, -0.1) is 0 Å². The van der Waals surface area contributed by atoms with E-state index in [4.69, 9.17) is 10.6 Å². The van der Waals surface area contributed by atoms with Crippen LogP contribution in [0.15, 0.2) is 18.7 Å². The van der Waals surface area contributed by atoms with Crippen molar-refractivity contribution in [2.75, 3.05) is 5.43 Å². The molecule has 3 N–H and O–H groups in total. The van der Waals surface area contributed by atoms with E-state index in [0.717, 1.165) is 12.8 Å². The van der Waals surface area contributed by atoms with Crippen LogP contribution in [0, 0.1) is 0 Å². The molecule has 0 saturated heterocycles. The van der Waals surface area contributed by atoms with E-state index in [9.17, 15) is 0 Å². The van der Waals surface area contributed by atoms with Crippen LogP contribution in [0.1, 0.15) is 32.1 Å². The second kappa shape index (κ2) is 5.83. The van der Waals surface area contributed by atoms with E-state index in [2.05, 4.69) is 25.4 Å². The third kappa shape index (κ3) is 2.85. The minimum absolute atomic E-state index is 0.174. The molecule has 2 aromatic heterocycles. The summed E-state index contributed by atoms with van der Waals surface area (Å²) in [5.41, 5.74) is 2.43. The summed E-state index contributed by atoms with van der Waals surface area (Å²) in [5.74, 6) is 6.09. The first-order valence-corrected chi connectivity index (χ1v) is 6.73. The summed E-state index contributed by atoms with van der Waals surface area (Å²) >= 11 is 0. The Kier molecular flexibility index (Phi) is 3.73. The number of nitrogens with zero attached hydrogens (tertiary/aromatic N) is 5. The highest BCUT2D eigenvalue weighted by molar-refractivity contribution is 5.28. The normalized spacial score (nSPS) is 16.1. The molecule has 2 heterocycles. The molecule has 0 aliphatic heterocycles. The standard InChI is InChI=1S/C12H17N7O/c13-18-10-15-11(19-7-6-14-8-19)17-12(16-10)20-9-4-2-1-3-5-9/h6-9H,1-5,13H2,(H,15,16,17,18). The molecule has 0 amide bonds. The predicted octanol–water partition coefficient (Wildman–Crippen LogP) is 1.05. The number of anilines is 1. The Labute approximate surface area is 116 Å². The number of hydrogen-bond donors (Lipinski definition) is 2. The summed E-state index contributed by atoms with van der Waals surface area (Å²) in [6.07, 6.45) is 10.9. The average molecular weight is 275 g/mol. The number of hydrogen-bond acceptors (Lipinski definition) is 7. The van der Waals surface area contributed by atoms with Gasteiger partial charge in [0.1, 0.15) is 12.4 Å². The van der Waals surface area contributed by atoms with Crippen LogP contribution >= 0.6 is 0 Å². The predicted molar refractivity (Wildman–Crippen MR) is 72.3 cm³/mol. The Balaban J connectivity index is 1.84. The number of rotatable bonds is 4. The van der Waals surface area contributed by atoms with Gasteiger partial charge in [0.25, 0.3) is 0 Å². The van der Waals surface area contributed by atoms with Crippen molar-refractivity contribution >= 4 is 5.95 Å². The van der Waals surface area contributed by atoms with E-state index in [1.54, 1.807) is 23.3 Å². The molecule has 1 aliphatic rings. The van der Waals surface area contributed by atoms with Crippen LogP contribution in [0.2, 0.25) is 0 Å². The van der Waals surface area contributed by atoms with E-state index >= 15 is 0 Å². The van der Waals surface area contributed by atoms with Crippen molar-refractivity contribution in [2.24, 2.45) is 5.84 Å². The summed E-state index contributed by atoms with van der Waals surface area (Å²) in [6, 6.07) is 0.295. The SMILES string of the molecule is NNc1nc(OC2CCCCC2)nc(-n2ccnc2)n1. The van der Waals surface area contributed by atoms with Gasteiger partial charge in [0.2, 0.25) is 11.9 Å². The second-order valence-electron chi connectivity index (χ2n) is 4.73. The highest BCUT2D eigenvalue weighted by Crippen LogP contribution is 2.22. The lowest BCUT2D eigenvalue weighted by molar-refractivity contribution is 0.141. The molecular formula is C12H17N7O. The summed E-state index contributed by atoms with van der Waals surface area (Å²) in [5, 5.41) is 0. The van der Waals surface area contributed by atoms with Crippen LogP contribution in [0.4, 0.5) is 5.95 Å². The fourth-order valence-electron chi connectivity index (χ4n) is 2.29. The van der Waals surface area contributed by atoms with Crippen molar-refractivity contribution in [2.45, 2.75) is 38.2 Å². The molecule has 0 spiro atoms. The van der Waals surface area contributed by atoms with Gasteiger partial charge in [0, 0.05) is 12.4 Å². The number of aromatic nitrogens is 5. The zero-order valence-corrected chi connectivity index (χ0v) is 11.1. The molecule has 8 nitrogen and oxygen atoms in total. The molecule has 1 aliphatic carbocycles. The van der Waals surface area contributed by atoms with Gasteiger partial charge in [-0.05, 0) is 25.7 Å². The van der Waals surface area contributed by atoms with Crippen molar-refractivity contribution in [1.29, 1.82) is 0 Å². The van der Waals surface area contributed by atoms with Crippen molar-refractivity contribution in [3.8, 4) is 12.0 Å². The van der Waals surface area contributed by atoms with Crippen LogP contribution in [-0.4, -0.2) is 30.6 Å². The van der Waals surface area contributed by atoms with Crippen LogP contribution in [-0.2, 0) is 0 Å². The van der Waals surface area contributed by atoms with Gasteiger partial charge >= 0.3 is 6.01 Å². The second-order valence-corrected chi connectivity index (χ2v) is 4.73. The van der Waals surface area contributed by atoms with Gasteiger partial charge < -0.3 is 4.74 Å². The first-order chi connectivity index (χ1) is 9.85. The third-order valence-corrected chi connectivity index (χ3v) is 3.29. The molecule has 0 unspecified atom stereocenters. The maximum atomic E-state index is 5.84.